The van der Waals surface area contributed by atoms with Gasteiger partial charge in [0.05, 0.1) is 28.2 Å². The summed E-state index contributed by atoms with van der Waals surface area (Å²) in [6, 6.07) is 2.64. The minimum absolute atomic E-state index is 0.0498. The van der Waals surface area contributed by atoms with Gasteiger partial charge in [-0.1, -0.05) is 59.3 Å². The largest absolute Gasteiger partial charge is 0.398 e. The first-order chi connectivity index (χ1) is 14.6. The number of nitrogens with two attached hydrogens (primary N) is 2. The van der Waals surface area contributed by atoms with Crippen molar-refractivity contribution in [3.8, 4) is 5.69 Å². The zero-order valence-corrected chi connectivity index (χ0v) is 18.8. The van der Waals surface area contributed by atoms with Crippen molar-refractivity contribution in [1.82, 2.24) is 9.78 Å². The van der Waals surface area contributed by atoms with E-state index in [9.17, 15) is 14.0 Å². The molecule has 0 aliphatic heterocycles. The molecule has 2 aliphatic rings. The zero-order chi connectivity index (χ0) is 22.8. The van der Waals surface area contributed by atoms with Crippen molar-refractivity contribution in [3.63, 3.8) is 0 Å². The average molecular weight is 429 g/mol. The van der Waals surface area contributed by atoms with E-state index < -0.39 is 11.7 Å². The summed E-state index contributed by atoms with van der Waals surface area (Å²) in [5.41, 5.74) is 12.8. The third-order valence-corrected chi connectivity index (χ3v) is 6.05. The molecule has 7 heteroatoms. The molecular weight excluding hydrogens is 395 g/mol. The Kier molecular flexibility index (Phi) is 6.82. The molecule has 0 spiro atoms. The summed E-state index contributed by atoms with van der Waals surface area (Å²) in [6.07, 6.45) is 10.7. The molecule has 168 valence electrons. The fourth-order valence-electron chi connectivity index (χ4n) is 4.54. The maximum atomic E-state index is 14.3. The first kappa shape index (κ1) is 23.0. The number of rotatable bonds is 3. The first-order valence-electron chi connectivity index (χ1n) is 11.2. The van der Waals surface area contributed by atoms with Crippen molar-refractivity contribution in [2.75, 3.05) is 5.73 Å². The number of anilines is 1. The molecule has 0 bridgehead atoms. The lowest BCUT2D eigenvalue weighted by molar-refractivity contribution is 0.0909. The van der Waals surface area contributed by atoms with Crippen LogP contribution in [0.25, 0.3) is 5.69 Å². The first-order valence-corrected chi connectivity index (χ1v) is 11.2. The Hall–Kier alpha value is -2.70. The zero-order valence-electron chi connectivity index (χ0n) is 18.8. The Bertz CT molecular complexity index is 955. The summed E-state index contributed by atoms with van der Waals surface area (Å²) in [5, 5.41) is 4.51. The van der Waals surface area contributed by atoms with Crippen LogP contribution in [0, 0.1) is 11.2 Å². The van der Waals surface area contributed by atoms with Crippen LogP contribution in [0.5, 0.6) is 0 Å². The van der Waals surface area contributed by atoms with Crippen LogP contribution in [0.1, 0.15) is 97.8 Å². The summed E-state index contributed by atoms with van der Waals surface area (Å²) in [4.78, 5) is 23.9. The average Bonchev–Trinajstić information content (AvgIpc) is 3.06. The molecule has 1 heterocycles. The number of amides is 1. The second-order valence-corrected chi connectivity index (χ2v) is 9.35. The van der Waals surface area contributed by atoms with Gasteiger partial charge in [0.1, 0.15) is 5.82 Å². The minimum Gasteiger partial charge on any atom is -0.398 e. The molecular formula is C24H33FN4O2. The number of aromatic nitrogens is 2. The number of Topliss-reactive ketones (excluding diaryl/α,β-unsaturated/α-hetero) is 1. The molecule has 4 rings (SSSR count). The lowest BCUT2D eigenvalue weighted by Crippen LogP contribution is -2.28. The standard InChI is InChI=1S/C18H21FN4O2.C6H12/c1-4-12-16-13(7-18(2,3)8-14(16)24)23(22-12)9-5-10(19)15(17(21)25)11(20)6-9;1-2-4-6-5-3-1/h5-6H,4,7-8,20H2,1-3H3,(H2,21,25);1-6H2. The van der Waals surface area contributed by atoms with Crippen molar-refractivity contribution in [3.05, 3.63) is 40.5 Å². The third kappa shape index (κ3) is 4.97. The maximum absolute atomic E-state index is 14.3. The van der Waals surface area contributed by atoms with E-state index in [2.05, 4.69) is 5.10 Å². The predicted molar refractivity (Wildman–Crippen MR) is 120 cm³/mol. The summed E-state index contributed by atoms with van der Waals surface area (Å²) in [5.74, 6) is -1.67. The van der Waals surface area contributed by atoms with E-state index in [4.69, 9.17) is 11.5 Å². The number of hydrogen-bond acceptors (Lipinski definition) is 4. The lowest BCUT2D eigenvalue weighted by atomic mass is 9.75. The number of ketones is 1. The van der Waals surface area contributed by atoms with Crippen molar-refractivity contribution in [2.24, 2.45) is 11.1 Å². The molecule has 1 saturated carbocycles. The van der Waals surface area contributed by atoms with E-state index in [0.29, 0.717) is 36.2 Å². The number of benzene rings is 1. The van der Waals surface area contributed by atoms with Crippen molar-refractivity contribution in [1.29, 1.82) is 0 Å². The predicted octanol–water partition coefficient (Wildman–Crippen LogP) is 4.75. The molecule has 4 N–H and O–H groups in total. The van der Waals surface area contributed by atoms with Gasteiger partial charge in [-0.3, -0.25) is 9.59 Å². The van der Waals surface area contributed by atoms with E-state index in [-0.39, 0.29) is 22.4 Å². The van der Waals surface area contributed by atoms with Crippen LogP contribution in [-0.2, 0) is 12.8 Å². The fourth-order valence-corrected chi connectivity index (χ4v) is 4.54. The SMILES string of the molecule is C1CCCCC1.CCc1nn(-c2cc(N)c(C(N)=O)c(F)c2)c2c1C(=O)CC(C)(C)C2. The number of nitrogens with zero attached hydrogens (tertiary/aromatic N) is 2. The van der Waals surface area contributed by atoms with Crippen LogP contribution in [-0.4, -0.2) is 21.5 Å². The Labute approximate surface area is 183 Å². The molecule has 1 aromatic carbocycles. The summed E-state index contributed by atoms with van der Waals surface area (Å²) in [7, 11) is 0. The van der Waals surface area contributed by atoms with Gasteiger partial charge in [-0.15, -0.1) is 0 Å². The Balaban J connectivity index is 0.000000391. The van der Waals surface area contributed by atoms with Crippen LogP contribution in [0.4, 0.5) is 10.1 Å². The van der Waals surface area contributed by atoms with Gasteiger partial charge in [-0.2, -0.15) is 5.10 Å². The number of primary amides is 1. The fraction of sp³-hybridized carbons (Fsp3) is 0.542. The van der Waals surface area contributed by atoms with Crippen molar-refractivity contribution < 1.29 is 14.0 Å². The van der Waals surface area contributed by atoms with Gasteiger partial charge in [-0.05, 0) is 24.3 Å². The number of carbonyl (C=O) groups is 2. The van der Waals surface area contributed by atoms with Crippen LogP contribution < -0.4 is 11.5 Å². The van der Waals surface area contributed by atoms with Gasteiger partial charge < -0.3 is 11.5 Å². The number of carbonyl (C=O) groups excluding carboxylic acids is 2. The summed E-state index contributed by atoms with van der Waals surface area (Å²) >= 11 is 0. The third-order valence-electron chi connectivity index (χ3n) is 6.05. The van der Waals surface area contributed by atoms with Crippen molar-refractivity contribution >= 4 is 17.4 Å². The van der Waals surface area contributed by atoms with Gasteiger partial charge >= 0.3 is 0 Å². The van der Waals surface area contributed by atoms with E-state index in [1.165, 1.54) is 50.7 Å². The van der Waals surface area contributed by atoms with Crippen molar-refractivity contribution in [2.45, 2.75) is 78.6 Å². The van der Waals surface area contributed by atoms with E-state index in [0.717, 1.165) is 5.69 Å². The number of aryl methyl sites for hydroxylation is 1. The maximum Gasteiger partial charge on any atom is 0.253 e. The van der Waals surface area contributed by atoms with Gasteiger partial charge in [0.15, 0.2) is 5.78 Å². The molecule has 6 nitrogen and oxygen atoms in total. The van der Waals surface area contributed by atoms with Gasteiger partial charge in [0.25, 0.3) is 5.91 Å². The summed E-state index contributed by atoms with van der Waals surface area (Å²) < 4.78 is 15.9. The number of nitrogen functional groups attached to an aromatic ring is 1. The van der Waals surface area contributed by atoms with Crippen LogP contribution in [0.2, 0.25) is 0 Å². The molecule has 2 aromatic rings. The van der Waals surface area contributed by atoms with E-state index in [1.807, 2.05) is 20.8 Å². The molecule has 0 saturated heterocycles. The number of halogens is 1. The number of fused-ring (bicyclic) bond motifs is 1. The highest BCUT2D eigenvalue weighted by molar-refractivity contribution is 6.00. The molecule has 0 atom stereocenters. The Morgan fingerprint density at radius 2 is 1.71 bits per heavy atom. The molecule has 1 aromatic heterocycles. The van der Waals surface area contributed by atoms with Crippen LogP contribution in [0.15, 0.2) is 12.1 Å². The van der Waals surface area contributed by atoms with Gasteiger partial charge in [-0.25, -0.2) is 9.07 Å². The molecule has 1 amide bonds. The molecule has 2 aliphatic carbocycles. The van der Waals surface area contributed by atoms with Crippen LogP contribution in [0.3, 0.4) is 0 Å². The van der Waals surface area contributed by atoms with Crippen LogP contribution >= 0.6 is 0 Å². The Morgan fingerprint density at radius 3 is 2.19 bits per heavy atom. The van der Waals surface area contributed by atoms with E-state index >= 15 is 0 Å². The second-order valence-electron chi connectivity index (χ2n) is 9.35. The van der Waals surface area contributed by atoms with Gasteiger partial charge in [0.2, 0.25) is 0 Å². The highest BCUT2D eigenvalue weighted by Crippen LogP contribution is 2.37. The minimum atomic E-state index is -0.922. The quantitative estimate of drug-likeness (QED) is 0.688. The Morgan fingerprint density at radius 1 is 1.13 bits per heavy atom. The molecule has 0 unspecified atom stereocenters. The topological polar surface area (TPSA) is 104 Å². The smallest absolute Gasteiger partial charge is 0.253 e. The highest BCUT2D eigenvalue weighted by Gasteiger charge is 2.36. The molecule has 0 radical (unpaired) electrons. The summed E-state index contributed by atoms with van der Waals surface area (Å²) in [6.45, 7) is 5.95. The van der Waals surface area contributed by atoms with Gasteiger partial charge in [0, 0.05) is 18.2 Å². The lowest BCUT2D eigenvalue weighted by Gasteiger charge is -2.29. The second kappa shape index (κ2) is 9.20. The van der Waals surface area contributed by atoms with E-state index in [1.54, 1.807) is 4.68 Å². The molecule has 1 fully saturated rings. The number of hydrogen-bond donors (Lipinski definition) is 2. The highest BCUT2D eigenvalue weighted by atomic mass is 19.1. The monoisotopic (exact) mass is 428 g/mol. The molecule has 31 heavy (non-hydrogen) atoms. The normalized spacial score (nSPS) is 17.5.